The second kappa shape index (κ2) is 8.21. The zero-order valence-electron chi connectivity index (χ0n) is 12.1. The molecule has 0 saturated carbocycles. The van der Waals surface area contributed by atoms with Crippen LogP contribution < -0.4 is 15.8 Å². The van der Waals surface area contributed by atoms with E-state index in [1.54, 1.807) is 24.3 Å². The summed E-state index contributed by atoms with van der Waals surface area (Å²) in [4.78, 5) is 11.8. The molecule has 2 aromatic rings. The van der Waals surface area contributed by atoms with Crippen LogP contribution in [-0.2, 0) is 6.54 Å². The lowest BCUT2D eigenvalue weighted by Crippen LogP contribution is -2.35. The van der Waals surface area contributed by atoms with Crippen LogP contribution in [0.5, 0.6) is 5.75 Å². The van der Waals surface area contributed by atoms with Crippen LogP contribution in [0.1, 0.15) is 16.1 Å². The molecule has 0 aliphatic carbocycles. The van der Waals surface area contributed by atoms with Crippen LogP contribution in [0.2, 0.25) is 10.0 Å². The Kier molecular flexibility index (Phi) is 6.29. The Hall–Kier alpha value is -1.73. The lowest BCUT2D eigenvalue weighted by molar-refractivity contribution is 0.0843. The third-order valence-corrected chi connectivity index (χ3v) is 3.76. The van der Waals surface area contributed by atoms with Gasteiger partial charge in [0.2, 0.25) is 0 Å². The summed E-state index contributed by atoms with van der Waals surface area (Å²) in [5.41, 5.74) is 5.74. The summed E-state index contributed by atoms with van der Waals surface area (Å²) in [6.45, 7) is 0.185. The molecule has 0 bridgehead atoms. The molecule has 6 nitrogen and oxygen atoms in total. The Morgan fingerprint density at radius 2 is 2.22 bits per heavy atom. The number of aliphatic hydroxyl groups excluding tert-OH is 1. The van der Waals surface area contributed by atoms with Crippen molar-refractivity contribution in [2.24, 2.45) is 5.73 Å². The van der Waals surface area contributed by atoms with Gasteiger partial charge in [0.25, 0.3) is 5.91 Å². The van der Waals surface area contributed by atoms with E-state index in [0.29, 0.717) is 22.1 Å². The standard InChI is InChI=1S/C15H16Cl2N2O4/c16-12-2-1-3-13(14(12)17)23-8-10(20)6-19-15(21)9-4-11(5-18)22-7-9/h1-4,7,10,20H,5-6,8,18H2,(H,19,21). The quantitative estimate of drug-likeness (QED) is 0.704. The Bertz CT molecular complexity index is 675. The van der Waals surface area contributed by atoms with Gasteiger partial charge in [-0.05, 0) is 18.2 Å². The first-order valence-electron chi connectivity index (χ1n) is 6.81. The minimum absolute atomic E-state index is 0.0140. The van der Waals surface area contributed by atoms with E-state index in [1.807, 2.05) is 0 Å². The molecule has 0 fully saturated rings. The van der Waals surface area contributed by atoms with Gasteiger partial charge in [-0.1, -0.05) is 29.3 Å². The van der Waals surface area contributed by atoms with Crippen molar-refractivity contribution in [3.63, 3.8) is 0 Å². The molecule has 23 heavy (non-hydrogen) atoms. The van der Waals surface area contributed by atoms with Crippen molar-refractivity contribution in [2.45, 2.75) is 12.6 Å². The zero-order valence-corrected chi connectivity index (χ0v) is 13.6. The first kappa shape index (κ1) is 17.6. The summed E-state index contributed by atoms with van der Waals surface area (Å²) < 4.78 is 10.5. The smallest absolute Gasteiger partial charge is 0.254 e. The van der Waals surface area contributed by atoms with Gasteiger partial charge in [-0.2, -0.15) is 0 Å². The van der Waals surface area contributed by atoms with Gasteiger partial charge in [0.15, 0.2) is 0 Å². The van der Waals surface area contributed by atoms with Crippen molar-refractivity contribution in [3.05, 3.63) is 51.9 Å². The third-order valence-electron chi connectivity index (χ3n) is 2.96. The van der Waals surface area contributed by atoms with Crippen LogP contribution in [0.4, 0.5) is 0 Å². The number of carbonyl (C=O) groups is 1. The predicted octanol–water partition coefficient (Wildman–Crippen LogP) is 2.21. The Labute approximate surface area is 143 Å². The average molecular weight is 359 g/mol. The van der Waals surface area contributed by atoms with Crippen molar-refractivity contribution in [3.8, 4) is 5.75 Å². The van der Waals surface area contributed by atoms with Gasteiger partial charge in [-0.15, -0.1) is 0 Å². The van der Waals surface area contributed by atoms with Crippen molar-refractivity contribution >= 4 is 29.1 Å². The van der Waals surface area contributed by atoms with Crippen molar-refractivity contribution < 1.29 is 19.1 Å². The number of benzene rings is 1. The van der Waals surface area contributed by atoms with Gasteiger partial charge in [-0.25, -0.2) is 0 Å². The molecule has 8 heteroatoms. The van der Waals surface area contributed by atoms with Gasteiger partial charge >= 0.3 is 0 Å². The van der Waals surface area contributed by atoms with E-state index in [1.165, 1.54) is 6.26 Å². The molecule has 0 radical (unpaired) electrons. The second-order valence-corrected chi connectivity index (χ2v) is 5.52. The normalized spacial score (nSPS) is 12.0. The SMILES string of the molecule is NCc1cc(C(=O)NCC(O)COc2cccc(Cl)c2Cl)co1. The molecule has 1 aromatic heterocycles. The second-order valence-electron chi connectivity index (χ2n) is 4.73. The van der Waals surface area contributed by atoms with Crippen molar-refractivity contribution in [1.82, 2.24) is 5.32 Å². The minimum Gasteiger partial charge on any atom is -0.489 e. The molecule has 124 valence electrons. The number of nitrogens with two attached hydrogens (primary N) is 1. The molecule has 0 spiro atoms. The van der Waals surface area contributed by atoms with E-state index in [-0.39, 0.29) is 30.6 Å². The Morgan fingerprint density at radius 3 is 2.91 bits per heavy atom. The molecular formula is C15H16Cl2N2O4. The minimum atomic E-state index is -0.908. The number of amides is 1. The first-order valence-corrected chi connectivity index (χ1v) is 7.57. The highest BCUT2D eigenvalue weighted by Crippen LogP contribution is 2.31. The number of hydrogen-bond acceptors (Lipinski definition) is 5. The van der Waals surface area contributed by atoms with Crippen LogP contribution >= 0.6 is 23.2 Å². The van der Waals surface area contributed by atoms with Crippen LogP contribution in [0.3, 0.4) is 0 Å². The lowest BCUT2D eigenvalue weighted by Gasteiger charge is -2.14. The van der Waals surface area contributed by atoms with Crippen molar-refractivity contribution in [1.29, 1.82) is 0 Å². The number of aliphatic hydroxyl groups is 1. The molecule has 1 heterocycles. The summed E-state index contributed by atoms with van der Waals surface area (Å²) in [7, 11) is 0. The third kappa shape index (κ3) is 4.87. The molecule has 1 atom stereocenters. The summed E-state index contributed by atoms with van der Waals surface area (Å²) in [6, 6.07) is 6.50. The van der Waals surface area contributed by atoms with Gasteiger partial charge in [0.05, 0.1) is 17.1 Å². The maximum atomic E-state index is 11.8. The number of furan rings is 1. The van der Waals surface area contributed by atoms with Crippen LogP contribution in [-0.4, -0.2) is 30.3 Å². The van der Waals surface area contributed by atoms with Crippen LogP contribution in [0.15, 0.2) is 34.9 Å². The molecule has 4 N–H and O–H groups in total. The first-order chi connectivity index (χ1) is 11.0. The van der Waals surface area contributed by atoms with E-state index < -0.39 is 6.10 Å². The highest BCUT2D eigenvalue weighted by atomic mass is 35.5. The van der Waals surface area contributed by atoms with Gasteiger partial charge in [0.1, 0.15) is 35.5 Å². The number of halogens is 2. The van der Waals surface area contributed by atoms with Crippen LogP contribution in [0.25, 0.3) is 0 Å². The molecular weight excluding hydrogens is 343 g/mol. The number of nitrogens with one attached hydrogen (secondary N) is 1. The zero-order chi connectivity index (χ0) is 16.8. The Morgan fingerprint density at radius 1 is 1.43 bits per heavy atom. The summed E-state index contributed by atoms with van der Waals surface area (Å²) in [5.74, 6) is 0.509. The lowest BCUT2D eigenvalue weighted by atomic mass is 10.2. The largest absolute Gasteiger partial charge is 0.489 e. The van der Waals surface area contributed by atoms with Gasteiger partial charge < -0.3 is 25.3 Å². The fraction of sp³-hybridized carbons (Fsp3) is 0.267. The molecule has 2 rings (SSSR count). The molecule has 0 saturated heterocycles. The van der Waals surface area contributed by atoms with Crippen LogP contribution in [0, 0.1) is 0 Å². The molecule has 0 aliphatic rings. The number of rotatable bonds is 7. The number of hydrogen-bond donors (Lipinski definition) is 3. The van der Waals surface area contributed by atoms with E-state index in [4.69, 9.17) is 38.1 Å². The highest BCUT2D eigenvalue weighted by molar-refractivity contribution is 6.42. The fourth-order valence-corrected chi connectivity index (χ4v) is 2.11. The van der Waals surface area contributed by atoms with E-state index >= 15 is 0 Å². The maximum absolute atomic E-state index is 11.8. The van der Waals surface area contributed by atoms with E-state index in [2.05, 4.69) is 5.32 Å². The maximum Gasteiger partial charge on any atom is 0.254 e. The monoisotopic (exact) mass is 358 g/mol. The fourth-order valence-electron chi connectivity index (χ4n) is 1.76. The topological polar surface area (TPSA) is 97.7 Å². The molecule has 1 aromatic carbocycles. The van der Waals surface area contributed by atoms with Gasteiger partial charge in [-0.3, -0.25) is 4.79 Å². The summed E-state index contributed by atoms with van der Waals surface area (Å²) in [5, 5.41) is 13.1. The molecule has 0 aliphatic heterocycles. The molecule has 1 amide bonds. The molecule has 1 unspecified atom stereocenters. The van der Waals surface area contributed by atoms with Crippen molar-refractivity contribution in [2.75, 3.05) is 13.2 Å². The Balaban J connectivity index is 1.79. The summed E-state index contributed by atoms with van der Waals surface area (Å²) >= 11 is 11.8. The highest BCUT2D eigenvalue weighted by Gasteiger charge is 2.13. The average Bonchev–Trinajstić information content (AvgIpc) is 3.03. The van der Waals surface area contributed by atoms with E-state index in [9.17, 15) is 9.90 Å². The van der Waals surface area contributed by atoms with Gasteiger partial charge in [0, 0.05) is 6.54 Å². The summed E-state index contributed by atoms with van der Waals surface area (Å²) in [6.07, 6.45) is 0.404. The number of carbonyl (C=O) groups excluding carboxylic acids is 1. The van der Waals surface area contributed by atoms with E-state index in [0.717, 1.165) is 0 Å². The number of ether oxygens (including phenoxy) is 1. The predicted molar refractivity (Wildman–Crippen MR) is 86.9 cm³/mol.